The molecule has 9 aromatic rings. The summed E-state index contributed by atoms with van der Waals surface area (Å²) in [7, 11) is 0. The molecule has 3 aromatic heterocycles. The molecule has 0 fully saturated rings. The van der Waals surface area contributed by atoms with Crippen molar-refractivity contribution in [1.82, 2.24) is 9.55 Å². The van der Waals surface area contributed by atoms with Crippen molar-refractivity contribution in [3.05, 3.63) is 163 Å². The third kappa shape index (κ3) is 5.69. The van der Waals surface area contributed by atoms with E-state index in [-0.39, 0.29) is 26.5 Å². The van der Waals surface area contributed by atoms with Gasteiger partial charge in [0, 0.05) is 61.0 Å². The Kier molecular flexibility index (Phi) is 8.59. The maximum atomic E-state index is 6.85. The van der Waals surface area contributed by atoms with Crippen LogP contribution in [0.2, 0.25) is 0 Å². The Balaban J connectivity index is 0.00000410. The van der Waals surface area contributed by atoms with Crippen LogP contribution in [0.4, 0.5) is 22.7 Å². The molecule has 0 N–H and O–H groups in total. The number of benzene rings is 6. The van der Waals surface area contributed by atoms with Gasteiger partial charge in [-0.15, -0.1) is 36.6 Å². The van der Waals surface area contributed by atoms with Crippen LogP contribution < -0.4 is 14.5 Å². The number of aromatic nitrogens is 2. The summed E-state index contributed by atoms with van der Waals surface area (Å²) < 4.78 is 15.7. The molecular formula is C49H39N4O2Pt-3. The zero-order chi connectivity index (χ0) is 37.6. The molecule has 0 unspecified atom stereocenters. The van der Waals surface area contributed by atoms with Crippen LogP contribution in [0.25, 0.3) is 49.6 Å². The van der Waals surface area contributed by atoms with Crippen molar-refractivity contribution in [2.24, 2.45) is 0 Å². The number of hydrogen-bond donors (Lipinski definition) is 0. The van der Waals surface area contributed by atoms with Crippen LogP contribution in [0.1, 0.15) is 43.0 Å². The summed E-state index contributed by atoms with van der Waals surface area (Å²) in [6, 6.07) is 47.2. The van der Waals surface area contributed by atoms with Crippen LogP contribution in [0.5, 0.6) is 11.5 Å². The smallest absolute Gasteiger partial charge is 0.135 e. The van der Waals surface area contributed by atoms with E-state index in [4.69, 9.17) is 14.1 Å². The third-order valence-electron chi connectivity index (χ3n) is 10.7. The monoisotopic (exact) mass is 910 g/mol. The molecule has 6 nitrogen and oxygen atoms in total. The molecule has 0 spiro atoms. The van der Waals surface area contributed by atoms with Crippen LogP contribution in [-0.2, 0) is 26.5 Å². The van der Waals surface area contributed by atoms with Gasteiger partial charge in [-0.25, -0.2) is 4.98 Å². The quantitative estimate of drug-likeness (QED) is 0.161. The number of pyridine rings is 1. The normalized spacial score (nSPS) is 12.9. The van der Waals surface area contributed by atoms with Gasteiger partial charge < -0.3 is 23.5 Å². The maximum Gasteiger partial charge on any atom is 0.135 e. The summed E-state index contributed by atoms with van der Waals surface area (Å²) in [4.78, 5) is 9.37. The molecule has 0 atom stereocenters. The number of furan rings is 1. The molecule has 0 saturated heterocycles. The summed E-state index contributed by atoms with van der Waals surface area (Å²) in [5.74, 6) is 1.87. The topological polar surface area (TPSA) is 46.7 Å². The van der Waals surface area contributed by atoms with Gasteiger partial charge in [0.2, 0.25) is 0 Å². The Morgan fingerprint density at radius 1 is 0.714 bits per heavy atom. The number of aryl methyl sites for hydroxylation is 3. The Morgan fingerprint density at radius 2 is 1.41 bits per heavy atom. The fourth-order valence-corrected chi connectivity index (χ4v) is 8.33. The summed E-state index contributed by atoms with van der Waals surface area (Å²) in [5, 5.41) is 4.15. The van der Waals surface area contributed by atoms with Gasteiger partial charge in [0.05, 0.1) is 11.3 Å². The third-order valence-corrected chi connectivity index (χ3v) is 10.7. The van der Waals surface area contributed by atoms with Gasteiger partial charge in [0.1, 0.15) is 11.4 Å². The molecule has 10 rings (SSSR count). The SMILES string of the molecule is Cc1cc(C)c(N2[CH-]N(c3[c-]c(Oc4[c-]c5c(c6ccccc6n5-c5cc(C(C)(C)C)ccn5)c5c4oc4ccccc45)ccc3)c3ccccc32)c(C)c1.[Pt]. The van der Waals surface area contributed by atoms with E-state index in [0.717, 1.165) is 61.0 Å². The Morgan fingerprint density at radius 3 is 2.18 bits per heavy atom. The molecule has 0 saturated carbocycles. The van der Waals surface area contributed by atoms with E-state index in [2.05, 4.69) is 166 Å². The minimum atomic E-state index is -0.0502. The van der Waals surface area contributed by atoms with Gasteiger partial charge in [-0.2, -0.15) is 6.07 Å². The first kappa shape index (κ1) is 35.8. The van der Waals surface area contributed by atoms with Crippen molar-refractivity contribution in [2.45, 2.75) is 47.0 Å². The molecular weight excluding hydrogens is 872 g/mol. The van der Waals surface area contributed by atoms with E-state index >= 15 is 0 Å². The molecule has 4 heterocycles. The van der Waals surface area contributed by atoms with Gasteiger partial charge in [0.25, 0.3) is 0 Å². The van der Waals surface area contributed by atoms with E-state index in [0.29, 0.717) is 17.1 Å². The number of ether oxygens (including phenoxy) is 1. The van der Waals surface area contributed by atoms with Crippen molar-refractivity contribution in [2.75, 3.05) is 9.80 Å². The van der Waals surface area contributed by atoms with Crippen LogP contribution in [0.15, 0.2) is 126 Å². The van der Waals surface area contributed by atoms with Gasteiger partial charge in [-0.1, -0.05) is 103 Å². The Hall–Kier alpha value is -5.84. The zero-order valence-electron chi connectivity index (χ0n) is 32.0. The summed E-state index contributed by atoms with van der Waals surface area (Å²) in [5.41, 5.74) is 12.4. The van der Waals surface area contributed by atoms with Crippen LogP contribution in [0.3, 0.4) is 0 Å². The first-order valence-corrected chi connectivity index (χ1v) is 18.7. The van der Waals surface area contributed by atoms with E-state index in [1.165, 1.54) is 27.9 Å². The minimum absolute atomic E-state index is 0. The predicted octanol–water partition coefficient (Wildman–Crippen LogP) is 13.1. The largest absolute Gasteiger partial charge is 0.512 e. The van der Waals surface area contributed by atoms with Gasteiger partial charge in [-0.3, -0.25) is 0 Å². The number of rotatable bonds is 5. The van der Waals surface area contributed by atoms with Gasteiger partial charge in [-0.05, 0) is 84.7 Å². The van der Waals surface area contributed by atoms with E-state index in [1.807, 2.05) is 30.5 Å². The van der Waals surface area contributed by atoms with Crippen molar-refractivity contribution in [3.8, 4) is 17.3 Å². The predicted molar refractivity (Wildman–Crippen MR) is 224 cm³/mol. The molecule has 1 aliphatic rings. The maximum absolute atomic E-state index is 6.85. The number of nitrogens with zero attached hydrogens (tertiary/aromatic N) is 4. The molecule has 0 bridgehead atoms. The van der Waals surface area contributed by atoms with Gasteiger partial charge in [0.15, 0.2) is 0 Å². The average molecular weight is 911 g/mol. The second kappa shape index (κ2) is 13.4. The fourth-order valence-electron chi connectivity index (χ4n) is 8.33. The van der Waals surface area contributed by atoms with Crippen LogP contribution in [-0.4, -0.2) is 9.55 Å². The summed E-state index contributed by atoms with van der Waals surface area (Å²) in [6.45, 7) is 15.3. The second-order valence-corrected chi connectivity index (χ2v) is 15.6. The second-order valence-electron chi connectivity index (χ2n) is 15.6. The number of para-hydroxylation sites is 4. The average Bonchev–Trinajstić information content (AvgIpc) is 3.85. The molecule has 0 aliphatic carbocycles. The standard InChI is InChI=1S/C49H39N4O2.Pt/c1-30-24-31(2)47(32(3)25-30)52-29-51(39-19-10-11-20-40(39)52)34-14-13-15-35(27-34)54-43-28-41-45(46-37-17-8-12-21-42(37)55-48(43)46)36-16-7-9-18-38(36)53(41)44-26-33(22-23-50-44)49(4,5)6;/h7-26,29H,1-6H3;/q-3;. The molecule has 7 heteroatoms. The van der Waals surface area contributed by atoms with E-state index in [9.17, 15) is 0 Å². The number of anilines is 4. The van der Waals surface area contributed by atoms with Crippen molar-refractivity contribution < 1.29 is 30.2 Å². The van der Waals surface area contributed by atoms with E-state index < -0.39 is 0 Å². The molecule has 6 aromatic carbocycles. The molecule has 1 aliphatic heterocycles. The zero-order valence-corrected chi connectivity index (χ0v) is 34.3. The number of fused-ring (bicyclic) bond motifs is 8. The summed E-state index contributed by atoms with van der Waals surface area (Å²) >= 11 is 0. The number of hydrogen-bond acceptors (Lipinski definition) is 5. The van der Waals surface area contributed by atoms with Crippen LogP contribution in [0, 0.1) is 39.6 Å². The molecule has 280 valence electrons. The minimum Gasteiger partial charge on any atom is -0.512 e. The van der Waals surface area contributed by atoms with Crippen molar-refractivity contribution in [3.63, 3.8) is 0 Å². The van der Waals surface area contributed by atoms with Gasteiger partial charge >= 0.3 is 0 Å². The Labute approximate surface area is 341 Å². The van der Waals surface area contributed by atoms with E-state index in [1.54, 1.807) is 0 Å². The first-order chi connectivity index (χ1) is 26.6. The molecule has 56 heavy (non-hydrogen) atoms. The molecule has 0 radical (unpaired) electrons. The molecule has 0 amide bonds. The van der Waals surface area contributed by atoms with Crippen LogP contribution >= 0.6 is 0 Å². The Bertz CT molecular complexity index is 2970. The first-order valence-electron chi connectivity index (χ1n) is 18.7. The van der Waals surface area contributed by atoms with Crippen molar-refractivity contribution >= 4 is 66.5 Å². The summed E-state index contributed by atoms with van der Waals surface area (Å²) in [6.07, 6.45) is 1.90. The van der Waals surface area contributed by atoms with Crippen molar-refractivity contribution in [1.29, 1.82) is 0 Å². The fraction of sp³-hybridized carbons (Fsp3) is 0.143.